The van der Waals surface area contributed by atoms with Crippen LogP contribution in [-0.4, -0.2) is 53.2 Å². The highest BCUT2D eigenvalue weighted by Crippen LogP contribution is 2.26. The van der Waals surface area contributed by atoms with Crippen molar-refractivity contribution in [1.29, 1.82) is 0 Å². The maximum absolute atomic E-state index is 11.9. The van der Waals surface area contributed by atoms with Crippen LogP contribution in [0.25, 0.3) is 0 Å². The van der Waals surface area contributed by atoms with Crippen LogP contribution in [0.15, 0.2) is 54.0 Å². The van der Waals surface area contributed by atoms with E-state index in [9.17, 15) is 9.59 Å². The highest BCUT2D eigenvalue weighted by atomic mass is 16.6. The van der Waals surface area contributed by atoms with Gasteiger partial charge in [-0.05, 0) is 64.3 Å². The van der Waals surface area contributed by atoms with Gasteiger partial charge in [-0.2, -0.15) is 4.98 Å². The second kappa shape index (κ2) is 18.3. The summed E-state index contributed by atoms with van der Waals surface area (Å²) in [6.45, 7) is 14.5. The van der Waals surface area contributed by atoms with Gasteiger partial charge in [0.15, 0.2) is 5.82 Å². The monoisotopic (exact) mass is 598 g/mol. The third-order valence-corrected chi connectivity index (χ3v) is 5.77. The van der Waals surface area contributed by atoms with Gasteiger partial charge in [0.2, 0.25) is 5.95 Å². The van der Waals surface area contributed by atoms with Crippen molar-refractivity contribution < 1.29 is 19.1 Å². The molecule has 1 heterocycles. The molecule has 0 bridgehead atoms. The van der Waals surface area contributed by atoms with E-state index in [4.69, 9.17) is 21.1 Å². The summed E-state index contributed by atoms with van der Waals surface area (Å²) < 4.78 is 9.99. The highest BCUT2D eigenvalue weighted by molar-refractivity contribution is 5.71. The van der Waals surface area contributed by atoms with Gasteiger partial charge in [0.25, 0.3) is 0 Å². The number of alkyl carbamates (subject to hydrolysis) is 1. The Morgan fingerprint density at radius 3 is 2.37 bits per heavy atom. The number of benzene rings is 1. The Morgan fingerprint density at radius 2 is 1.79 bits per heavy atom. The number of nitrogen functional groups attached to an aromatic ring is 1. The second-order valence-corrected chi connectivity index (χ2v) is 10.6. The van der Waals surface area contributed by atoms with Crippen LogP contribution in [0, 0.1) is 0 Å². The second-order valence-electron chi connectivity index (χ2n) is 10.6. The lowest BCUT2D eigenvalue weighted by atomic mass is 10.2. The molecule has 0 aliphatic heterocycles. The van der Waals surface area contributed by atoms with Gasteiger partial charge in [0.1, 0.15) is 5.60 Å². The van der Waals surface area contributed by atoms with Crippen molar-refractivity contribution in [3.05, 3.63) is 59.6 Å². The Balaban J connectivity index is 0.00000452. The van der Waals surface area contributed by atoms with E-state index in [0.717, 1.165) is 23.3 Å². The number of aromatic nitrogens is 2. The Kier molecular flexibility index (Phi) is 15.6. The minimum absolute atomic E-state index is 0.233. The molecule has 0 atom stereocenters. The number of allylic oxidation sites excluding steroid dienone is 2. The molecule has 1 amide bonds. The molecule has 0 fully saturated rings. The summed E-state index contributed by atoms with van der Waals surface area (Å²) in [5, 5.41) is 7.36. The summed E-state index contributed by atoms with van der Waals surface area (Å²) in [5.74, 6) is 6.81. The predicted octanol–water partition coefficient (Wildman–Crippen LogP) is 5.62. The number of methoxy groups -OCH3 is 1. The van der Waals surface area contributed by atoms with Crippen molar-refractivity contribution in [3.63, 3.8) is 0 Å². The topological polar surface area (TPSA) is 161 Å². The number of ether oxygens (including phenoxy) is 2. The summed E-state index contributed by atoms with van der Waals surface area (Å²) in [6.07, 6.45) is 6.83. The van der Waals surface area contributed by atoms with Crippen LogP contribution in [0.2, 0.25) is 0 Å². The van der Waals surface area contributed by atoms with E-state index in [1.165, 1.54) is 18.3 Å². The van der Waals surface area contributed by atoms with Gasteiger partial charge in [-0.1, -0.05) is 38.5 Å². The third-order valence-electron chi connectivity index (χ3n) is 5.77. The van der Waals surface area contributed by atoms with Gasteiger partial charge in [-0.3, -0.25) is 9.80 Å². The van der Waals surface area contributed by atoms with E-state index in [2.05, 4.69) is 27.5 Å². The number of esters is 1. The van der Waals surface area contributed by atoms with Crippen LogP contribution in [0.4, 0.5) is 27.9 Å². The SMILES string of the molecule is CC.CC/C(C)=C/C(=C\N(C)CCCC(=O)OC)Nc1ncc(N)c(N(N)c2ccc(CNC(=O)OC(C)(C)C)cc2)n1. The summed E-state index contributed by atoms with van der Waals surface area (Å²) in [5.41, 5.74) is 9.36. The number of anilines is 4. The zero-order chi connectivity index (χ0) is 32.6. The van der Waals surface area contributed by atoms with Crippen molar-refractivity contribution in [2.75, 3.05) is 36.8 Å². The van der Waals surface area contributed by atoms with E-state index in [-0.39, 0.29) is 5.97 Å². The van der Waals surface area contributed by atoms with Crippen molar-refractivity contribution in [1.82, 2.24) is 20.2 Å². The molecule has 0 saturated heterocycles. The third kappa shape index (κ3) is 13.9. The van der Waals surface area contributed by atoms with Gasteiger partial charge in [-0.15, -0.1) is 0 Å². The number of hydrazine groups is 1. The van der Waals surface area contributed by atoms with Crippen molar-refractivity contribution in [2.24, 2.45) is 5.84 Å². The number of carbonyl (C=O) groups is 2. The largest absolute Gasteiger partial charge is 0.469 e. The molecule has 0 aliphatic rings. The Hall–Kier alpha value is -4.32. The number of nitrogens with zero attached hydrogens (tertiary/aromatic N) is 4. The first-order valence-electron chi connectivity index (χ1n) is 14.5. The van der Waals surface area contributed by atoms with Gasteiger partial charge >= 0.3 is 12.1 Å². The fourth-order valence-electron chi connectivity index (χ4n) is 3.50. The summed E-state index contributed by atoms with van der Waals surface area (Å²) in [4.78, 5) is 34.3. The molecule has 43 heavy (non-hydrogen) atoms. The number of nitrogens with one attached hydrogen (secondary N) is 2. The standard InChI is InChI=1S/C29H44N8O4.C2H6/c1-8-20(2)16-22(19-36(6)15-9-10-25(38)40-7)34-27-32-18-24(30)26(35-27)37(31)23-13-11-21(12-14-23)17-33-28(39)41-29(3,4)5;1-2/h11-14,16,18-19H,8-10,15,17,30-31H2,1-7H3,(H,33,39)(H,32,34,35);1-2H3/b20-16+,22-19+;. The number of amides is 1. The zero-order valence-electron chi connectivity index (χ0n) is 27.2. The first kappa shape index (κ1) is 36.7. The number of hydrogen-bond acceptors (Lipinski definition) is 11. The molecule has 12 nitrogen and oxygen atoms in total. The maximum atomic E-state index is 11.9. The van der Waals surface area contributed by atoms with Crippen LogP contribution >= 0.6 is 0 Å². The molecule has 0 aliphatic carbocycles. The minimum atomic E-state index is -0.567. The normalized spacial score (nSPS) is 11.6. The first-order valence-corrected chi connectivity index (χ1v) is 14.5. The molecule has 0 radical (unpaired) electrons. The van der Waals surface area contributed by atoms with Crippen LogP contribution in [0.3, 0.4) is 0 Å². The van der Waals surface area contributed by atoms with Gasteiger partial charge in [-0.25, -0.2) is 15.6 Å². The lowest BCUT2D eigenvalue weighted by Gasteiger charge is -2.21. The number of hydrogen-bond donors (Lipinski definition) is 4. The molecule has 0 saturated carbocycles. The summed E-state index contributed by atoms with van der Waals surface area (Å²) in [6, 6.07) is 7.31. The average Bonchev–Trinajstić information content (AvgIpc) is 2.96. The molecule has 1 aromatic heterocycles. The molecule has 12 heteroatoms. The van der Waals surface area contributed by atoms with E-state index in [1.807, 2.05) is 90.0 Å². The summed E-state index contributed by atoms with van der Waals surface area (Å²) in [7, 11) is 3.31. The Morgan fingerprint density at radius 1 is 1.14 bits per heavy atom. The molecule has 1 aromatic carbocycles. The molecule has 6 N–H and O–H groups in total. The van der Waals surface area contributed by atoms with Crippen LogP contribution in [-0.2, 0) is 20.8 Å². The van der Waals surface area contributed by atoms with E-state index >= 15 is 0 Å². The van der Waals surface area contributed by atoms with Gasteiger partial charge in [0, 0.05) is 32.8 Å². The minimum Gasteiger partial charge on any atom is -0.469 e. The molecule has 238 valence electrons. The Labute approximate surface area is 256 Å². The molecule has 2 aromatic rings. The molecule has 2 rings (SSSR count). The van der Waals surface area contributed by atoms with E-state index in [1.54, 1.807) is 0 Å². The van der Waals surface area contributed by atoms with Crippen LogP contribution in [0.5, 0.6) is 0 Å². The highest BCUT2D eigenvalue weighted by Gasteiger charge is 2.16. The number of rotatable bonds is 13. The van der Waals surface area contributed by atoms with Crippen LogP contribution in [0.1, 0.15) is 73.3 Å². The van der Waals surface area contributed by atoms with Crippen molar-refractivity contribution in [2.45, 2.75) is 79.9 Å². The van der Waals surface area contributed by atoms with Crippen molar-refractivity contribution in [3.8, 4) is 0 Å². The van der Waals surface area contributed by atoms with Gasteiger partial charge < -0.3 is 30.7 Å². The maximum Gasteiger partial charge on any atom is 0.407 e. The molecular weight excluding hydrogens is 548 g/mol. The van der Waals surface area contributed by atoms with E-state index in [0.29, 0.717) is 49.1 Å². The average molecular weight is 599 g/mol. The van der Waals surface area contributed by atoms with Crippen LogP contribution < -0.4 is 27.2 Å². The molecular formula is C31H50N8O4. The number of carbonyl (C=O) groups excluding carboxylic acids is 2. The lowest BCUT2D eigenvalue weighted by molar-refractivity contribution is -0.140. The fourth-order valence-corrected chi connectivity index (χ4v) is 3.50. The van der Waals surface area contributed by atoms with E-state index < -0.39 is 11.7 Å². The first-order chi connectivity index (χ1) is 20.3. The smallest absolute Gasteiger partial charge is 0.407 e. The quantitative estimate of drug-likeness (QED) is 0.0980. The Bertz CT molecular complexity index is 1220. The zero-order valence-corrected chi connectivity index (χ0v) is 27.2. The summed E-state index contributed by atoms with van der Waals surface area (Å²) >= 11 is 0. The lowest BCUT2D eigenvalue weighted by Crippen LogP contribution is -2.32. The van der Waals surface area contributed by atoms with Crippen molar-refractivity contribution >= 4 is 35.2 Å². The molecule has 0 unspecified atom stereocenters. The molecule has 0 spiro atoms. The fraction of sp³-hybridized carbons (Fsp3) is 0.484. The van der Waals surface area contributed by atoms with Gasteiger partial charge in [0.05, 0.1) is 30.4 Å². The number of nitrogens with two attached hydrogens (primary N) is 2. The predicted molar refractivity (Wildman–Crippen MR) is 173 cm³/mol.